The third-order valence-corrected chi connectivity index (χ3v) is 5.52. The molecule has 146 valence electrons. The number of aryl methyl sites for hydroxylation is 1. The van der Waals surface area contributed by atoms with E-state index in [4.69, 9.17) is 4.74 Å². The second kappa shape index (κ2) is 8.30. The van der Waals surface area contributed by atoms with Gasteiger partial charge in [-0.1, -0.05) is 31.0 Å². The van der Waals surface area contributed by atoms with Crippen molar-refractivity contribution in [2.75, 3.05) is 11.9 Å². The first kappa shape index (κ1) is 19.7. The molecule has 28 heavy (non-hydrogen) atoms. The molecule has 0 bridgehead atoms. The van der Waals surface area contributed by atoms with Crippen LogP contribution in [0.15, 0.2) is 24.3 Å². The molecule has 1 heterocycles. The smallest absolute Gasteiger partial charge is 0.338 e. The molecule has 0 atom stereocenters. The number of esters is 1. The highest BCUT2D eigenvalue weighted by atomic mass is 16.5. The molecule has 6 heteroatoms. The van der Waals surface area contributed by atoms with E-state index in [9.17, 15) is 14.9 Å². The number of carbonyl (C=O) groups is 2. The van der Waals surface area contributed by atoms with Crippen molar-refractivity contribution >= 4 is 17.7 Å². The topological polar surface area (TPSA) is 84.1 Å². The van der Waals surface area contributed by atoms with E-state index >= 15 is 0 Å². The number of carbonyl (C=O) groups excluding carboxylic acids is 2. The van der Waals surface area contributed by atoms with Crippen LogP contribution in [0.1, 0.15) is 64.5 Å². The Kier molecular flexibility index (Phi) is 5.84. The maximum absolute atomic E-state index is 12.5. The van der Waals surface area contributed by atoms with E-state index < -0.39 is 18.5 Å². The maximum Gasteiger partial charge on any atom is 0.338 e. The van der Waals surface area contributed by atoms with Crippen LogP contribution >= 0.6 is 0 Å². The fourth-order valence-corrected chi connectivity index (χ4v) is 3.88. The van der Waals surface area contributed by atoms with Crippen molar-refractivity contribution in [3.8, 4) is 6.07 Å². The van der Waals surface area contributed by atoms with Crippen LogP contribution in [0, 0.1) is 32.1 Å². The summed E-state index contributed by atoms with van der Waals surface area (Å²) in [6, 6.07) is 9.57. The number of hydrogen-bond acceptors (Lipinski definition) is 4. The van der Waals surface area contributed by atoms with Gasteiger partial charge in [0.05, 0.1) is 11.1 Å². The highest BCUT2D eigenvalue weighted by Gasteiger charge is 2.27. The van der Waals surface area contributed by atoms with Gasteiger partial charge in [0.2, 0.25) is 0 Å². The fraction of sp³-hybridized carbons (Fsp3) is 0.409. The first-order valence-corrected chi connectivity index (χ1v) is 9.58. The van der Waals surface area contributed by atoms with Gasteiger partial charge in [0.1, 0.15) is 11.9 Å². The quantitative estimate of drug-likeness (QED) is 0.789. The summed E-state index contributed by atoms with van der Waals surface area (Å²) >= 11 is 0. The zero-order valence-corrected chi connectivity index (χ0v) is 16.5. The normalized spacial score (nSPS) is 13.9. The Balaban J connectivity index is 1.75. The van der Waals surface area contributed by atoms with Crippen molar-refractivity contribution in [2.45, 2.75) is 52.5 Å². The molecule has 1 aromatic carbocycles. The van der Waals surface area contributed by atoms with Crippen LogP contribution in [0.3, 0.4) is 0 Å². The number of anilines is 1. The van der Waals surface area contributed by atoms with Gasteiger partial charge in [0, 0.05) is 11.7 Å². The van der Waals surface area contributed by atoms with Gasteiger partial charge >= 0.3 is 5.97 Å². The first-order valence-electron chi connectivity index (χ1n) is 9.58. The van der Waals surface area contributed by atoms with Gasteiger partial charge in [-0.15, -0.1) is 0 Å². The van der Waals surface area contributed by atoms with Gasteiger partial charge < -0.3 is 14.6 Å². The van der Waals surface area contributed by atoms with Crippen molar-refractivity contribution in [3.05, 3.63) is 52.2 Å². The summed E-state index contributed by atoms with van der Waals surface area (Å²) in [4.78, 5) is 24.7. The summed E-state index contributed by atoms with van der Waals surface area (Å²) in [6.45, 7) is 5.29. The van der Waals surface area contributed by atoms with E-state index in [-0.39, 0.29) is 6.04 Å². The number of benzene rings is 1. The molecule has 1 fully saturated rings. The second-order valence-corrected chi connectivity index (χ2v) is 7.29. The Morgan fingerprint density at radius 1 is 1.21 bits per heavy atom. The van der Waals surface area contributed by atoms with Crippen molar-refractivity contribution < 1.29 is 14.3 Å². The zero-order chi connectivity index (χ0) is 20.3. The summed E-state index contributed by atoms with van der Waals surface area (Å²) in [5, 5.41) is 12.4. The maximum atomic E-state index is 12.5. The summed E-state index contributed by atoms with van der Waals surface area (Å²) in [5.41, 5.74) is 3.58. The van der Waals surface area contributed by atoms with Gasteiger partial charge in [-0.05, 0) is 50.8 Å². The Morgan fingerprint density at radius 2 is 1.89 bits per heavy atom. The first-order chi connectivity index (χ1) is 13.4. The lowest BCUT2D eigenvalue weighted by atomic mass is 10.1. The van der Waals surface area contributed by atoms with E-state index in [0.29, 0.717) is 16.9 Å². The van der Waals surface area contributed by atoms with Gasteiger partial charge in [0.15, 0.2) is 6.61 Å². The average Bonchev–Trinajstić information content (AvgIpc) is 3.27. The van der Waals surface area contributed by atoms with Crippen LogP contribution in [0.5, 0.6) is 0 Å². The standard InChI is InChI=1S/C22H25N3O3/c1-14-8-4-7-11-18(14)22(27)28-13-20(26)24-21-19(12-23)15(2)16(3)25(21)17-9-5-6-10-17/h4,7-8,11,17H,5-6,9-10,13H2,1-3H3,(H,24,26). The number of nitrogens with zero attached hydrogens (tertiary/aromatic N) is 2. The number of nitriles is 1. The molecular formula is C22H25N3O3. The molecule has 1 aliphatic rings. The van der Waals surface area contributed by atoms with Crippen molar-refractivity contribution in [1.29, 1.82) is 5.26 Å². The molecule has 0 spiro atoms. The Morgan fingerprint density at radius 3 is 2.54 bits per heavy atom. The largest absolute Gasteiger partial charge is 0.452 e. The highest BCUT2D eigenvalue weighted by Crippen LogP contribution is 2.37. The number of rotatable bonds is 5. The molecule has 0 unspecified atom stereocenters. The van der Waals surface area contributed by atoms with Crippen LogP contribution in [0.2, 0.25) is 0 Å². The molecule has 3 rings (SSSR count). The van der Waals surface area contributed by atoms with E-state index in [1.807, 2.05) is 32.9 Å². The van der Waals surface area contributed by atoms with Gasteiger partial charge in [0.25, 0.3) is 5.91 Å². The molecular weight excluding hydrogens is 354 g/mol. The van der Waals surface area contributed by atoms with E-state index in [0.717, 1.165) is 42.5 Å². The van der Waals surface area contributed by atoms with Crippen molar-refractivity contribution in [3.63, 3.8) is 0 Å². The fourth-order valence-electron chi connectivity index (χ4n) is 3.88. The van der Waals surface area contributed by atoms with Gasteiger partial charge in [-0.2, -0.15) is 5.26 Å². The third-order valence-electron chi connectivity index (χ3n) is 5.52. The lowest BCUT2D eigenvalue weighted by molar-refractivity contribution is -0.119. The van der Waals surface area contributed by atoms with E-state index in [1.54, 1.807) is 12.1 Å². The van der Waals surface area contributed by atoms with Crippen LogP contribution in [0.4, 0.5) is 5.82 Å². The molecule has 6 nitrogen and oxygen atoms in total. The number of ether oxygens (including phenoxy) is 1. The molecule has 0 radical (unpaired) electrons. The predicted molar refractivity (Wildman–Crippen MR) is 106 cm³/mol. The summed E-state index contributed by atoms with van der Waals surface area (Å²) in [5.74, 6) is -0.469. The Hall–Kier alpha value is -3.07. The van der Waals surface area contributed by atoms with Crippen molar-refractivity contribution in [1.82, 2.24) is 4.57 Å². The van der Waals surface area contributed by atoms with E-state index in [2.05, 4.69) is 16.0 Å². The molecule has 1 N–H and O–H groups in total. The minimum absolute atomic E-state index is 0.283. The summed E-state index contributed by atoms with van der Waals surface area (Å²) in [7, 11) is 0. The van der Waals surface area contributed by atoms with Crippen LogP contribution in [0.25, 0.3) is 0 Å². The molecule has 0 aliphatic heterocycles. The molecule has 1 saturated carbocycles. The Labute approximate surface area is 165 Å². The molecule has 1 aliphatic carbocycles. The lowest BCUT2D eigenvalue weighted by Crippen LogP contribution is -2.24. The molecule has 1 aromatic heterocycles. The predicted octanol–water partition coefficient (Wildman–Crippen LogP) is 4.20. The summed E-state index contributed by atoms with van der Waals surface area (Å²) in [6.07, 6.45) is 4.35. The van der Waals surface area contributed by atoms with Crippen LogP contribution in [-0.2, 0) is 9.53 Å². The number of nitrogens with one attached hydrogen (secondary N) is 1. The number of amides is 1. The third kappa shape index (κ3) is 3.79. The highest BCUT2D eigenvalue weighted by molar-refractivity contribution is 5.96. The molecule has 1 amide bonds. The minimum atomic E-state index is -0.535. The molecule has 2 aromatic rings. The average molecular weight is 379 g/mol. The van der Waals surface area contributed by atoms with Gasteiger partial charge in [-0.25, -0.2) is 4.79 Å². The van der Waals surface area contributed by atoms with Crippen molar-refractivity contribution in [2.24, 2.45) is 0 Å². The zero-order valence-electron chi connectivity index (χ0n) is 16.5. The van der Waals surface area contributed by atoms with Crippen LogP contribution < -0.4 is 5.32 Å². The second-order valence-electron chi connectivity index (χ2n) is 7.29. The minimum Gasteiger partial charge on any atom is -0.452 e. The lowest BCUT2D eigenvalue weighted by Gasteiger charge is -2.19. The summed E-state index contributed by atoms with van der Waals surface area (Å²) < 4.78 is 7.25. The number of hydrogen-bond donors (Lipinski definition) is 1. The van der Waals surface area contributed by atoms with Gasteiger partial charge in [-0.3, -0.25) is 4.79 Å². The monoisotopic (exact) mass is 379 g/mol. The molecule has 0 saturated heterocycles. The number of aromatic nitrogens is 1. The van der Waals surface area contributed by atoms with E-state index in [1.165, 1.54) is 0 Å². The Bertz CT molecular complexity index is 947. The SMILES string of the molecule is Cc1ccccc1C(=O)OCC(=O)Nc1c(C#N)c(C)c(C)n1C1CCCC1. The van der Waals surface area contributed by atoms with Crippen LogP contribution in [-0.4, -0.2) is 23.1 Å².